The molecule has 0 saturated carbocycles. The lowest BCUT2D eigenvalue weighted by molar-refractivity contribution is -0.931. The maximum Gasteiger partial charge on any atom is 0.414 e. The second-order valence-electron chi connectivity index (χ2n) is 8.54. The van der Waals surface area contributed by atoms with E-state index >= 15 is 0 Å². The van der Waals surface area contributed by atoms with Crippen LogP contribution in [-0.2, 0) is 11.3 Å². The van der Waals surface area contributed by atoms with Gasteiger partial charge in [-0.2, -0.15) is 0 Å². The number of carbonyl (C=O) groups is 1. The molecule has 3 atom stereocenters. The number of fused-ring (bicyclic) bond motifs is 2. The van der Waals surface area contributed by atoms with Gasteiger partial charge in [-0.05, 0) is 29.8 Å². The summed E-state index contributed by atoms with van der Waals surface area (Å²) in [5.74, 6) is 0. The van der Waals surface area contributed by atoms with Gasteiger partial charge < -0.3 is 26.2 Å². The highest BCUT2D eigenvalue weighted by molar-refractivity contribution is 9.10. The Morgan fingerprint density at radius 2 is 1.62 bits per heavy atom. The number of rotatable bonds is 4. The summed E-state index contributed by atoms with van der Waals surface area (Å²) in [6.07, 6.45) is 4.20. The van der Waals surface area contributed by atoms with Crippen molar-refractivity contribution in [3.8, 4) is 0 Å². The highest BCUT2D eigenvalue weighted by Crippen LogP contribution is 2.40. The number of ether oxygens (including phenoxy) is 1. The van der Waals surface area contributed by atoms with Crippen LogP contribution in [-0.4, -0.2) is 42.9 Å². The van der Waals surface area contributed by atoms with Gasteiger partial charge in [0.15, 0.2) is 0 Å². The average Bonchev–Trinajstić information content (AvgIpc) is 2.85. The Morgan fingerprint density at radius 1 is 1.03 bits per heavy atom. The lowest BCUT2D eigenvalue weighted by atomic mass is 9.98. The zero-order valence-corrected chi connectivity index (χ0v) is 20.1. The second-order valence-corrected chi connectivity index (χ2v) is 9.46. The molecule has 0 aliphatic carbocycles. The van der Waals surface area contributed by atoms with Crippen molar-refractivity contribution >= 4 is 27.7 Å². The van der Waals surface area contributed by atoms with E-state index in [9.17, 15) is 4.79 Å². The molecule has 4 rings (SSSR count). The molecule has 2 aromatic carbocycles. The number of carbonyl (C=O) groups excluding carboxylic acids is 1. The molecule has 1 unspecified atom stereocenters. The summed E-state index contributed by atoms with van der Waals surface area (Å²) < 4.78 is 8.16. The zero-order valence-electron chi connectivity index (χ0n) is 16.9. The molecule has 2 bridgehead atoms. The van der Waals surface area contributed by atoms with Crippen LogP contribution >= 0.6 is 15.9 Å². The minimum Gasteiger partial charge on any atom is -1.00 e. The van der Waals surface area contributed by atoms with E-state index in [1.54, 1.807) is 4.90 Å². The largest absolute Gasteiger partial charge is 1.00 e. The van der Waals surface area contributed by atoms with Crippen LogP contribution in [0.2, 0.25) is 0 Å². The molecule has 2 aliphatic rings. The minimum atomic E-state index is -0.245. The molecule has 0 spiro atoms. The Balaban J connectivity index is 0.00000240. The number of quaternary nitrogens is 1. The van der Waals surface area contributed by atoms with Gasteiger partial charge in [0.25, 0.3) is 0 Å². The van der Waals surface area contributed by atoms with Crippen LogP contribution in [0.5, 0.6) is 0 Å². The maximum absolute atomic E-state index is 13.2. The van der Waals surface area contributed by atoms with Gasteiger partial charge in [0.05, 0.1) is 32.7 Å². The molecule has 0 N–H and O–H groups in total. The number of hydrogen-bond acceptors (Lipinski definition) is 2. The van der Waals surface area contributed by atoms with Crippen LogP contribution in [0.4, 0.5) is 10.5 Å². The number of para-hydroxylation sites is 1. The normalized spacial score (nSPS) is 24.4. The van der Waals surface area contributed by atoms with E-state index in [1.165, 1.54) is 12.8 Å². The number of halogens is 2. The molecule has 2 fully saturated rings. The van der Waals surface area contributed by atoms with Crippen molar-refractivity contribution in [1.82, 2.24) is 0 Å². The van der Waals surface area contributed by atoms with Crippen LogP contribution in [0.25, 0.3) is 0 Å². The SMILES string of the molecule is C[N+]1(C)[C@@H]2CC[C@H]1CC(OC(=O)N(Cc1ccc(Br)cc1)c1ccccc1)C2.[Br-]. The van der Waals surface area contributed by atoms with Crippen molar-refractivity contribution in [2.75, 3.05) is 19.0 Å². The number of nitrogens with zero attached hydrogens (tertiary/aromatic N) is 2. The Hall–Kier alpha value is -1.37. The molecule has 2 aromatic rings. The third-order valence-corrected chi connectivity index (χ3v) is 7.12. The van der Waals surface area contributed by atoms with E-state index < -0.39 is 0 Å². The van der Waals surface area contributed by atoms with E-state index in [0.717, 1.165) is 33.0 Å². The Bertz CT molecular complexity index is 811. The number of hydrogen-bond donors (Lipinski definition) is 0. The summed E-state index contributed by atoms with van der Waals surface area (Å²) in [4.78, 5) is 14.9. The predicted molar refractivity (Wildman–Crippen MR) is 115 cm³/mol. The Labute approximate surface area is 192 Å². The molecule has 6 heteroatoms. The molecular weight excluding hydrogens is 496 g/mol. The predicted octanol–water partition coefficient (Wildman–Crippen LogP) is 2.37. The van der Waals surface area contributed by atoms with Crippen LogP contribution in [0, 0.1) is 0 Å². The number of piperidine rings is 1. The summed E-state index contributed by atoms with van der Waals surface area (Å²) in [5.41, 5.74) is 1.94. The van der Waals surface area contributed by atoms with Crippen molar-refractivity contribution in [2.45, 2.75) is 50.4 Å². The van der Waals surface area contributed by atoms with Crippen molar-refractivity contribution in [3.05, 3.63) is 64.6 Å². The molecule has 2 heterocycles. The molecular formula is C23H28Br2N2O2. The smallest absolute Gasteiger partial charge is 0.414 e. The highest BCUT2D eigenvalue weighted by Gasteiger charge is 2.50. The van der Waals surface area contributed by atoms with Gasteiger partial charge in [0.1, 0.15) is 6.10 Å². The quantitative estimate of drug-likeness (QED) is 0.576. The average molecular weight is 524 g/mol. The van der Waals surface area contributed by atoms with E-state index in [1.807, 2.05) is 54.6 Å². The first-order valence-corrected chi connectivity index (χ1v) is 10.8. The minimum absolute atomic E-state index is 0. The molecule has 29 heavy (non-hydrogen) atoms. The van der Waals surface area contributed by atoms with E-state index in [-0.39, 0.29) is 29.2 Å². The van der Waals surface area contributed by atoms with E-state index in [4.69, 9.17) is 4.74 Å². The first-order chi connectivity index (χ1) is 13.4. The third kappa shape index (κ3) is 4.86. The molecule has 2 aliphatic heterocycles. The standard InChI is InChI=1S/C23H28BrN2O2.BrH/c1-26(2)20-12-13-21(26)15-22(14-20)28-23(27)25(19-6-4-3-5-7-19)16-17-8-10-18(24)11-9-17;/h3-11,20-22H,12-16H2,1-2H3;1H/q+1;/p-1/t20-,21+,22?;. The maximum atomic E-state index is 13.2. The second kappa shape index (κ2) is 9.19. The molecule has 4 nitrogen and oxygen atoms in total. The van der Waals surface area contributed by atoms with E-state index in [0.29, 0.717) is 18.6 Å². The van der Waals surface area contributed by atoms with Crippen molar-refractivity contribution in [1.29, 1.82) is 0 Å². The topological polar surface area (TPSA) is 29.5 Å². The zero-order chi connectivity index (χ0) is 19.7. The summed E-state index contributed by atoms with van der Waals surface area (Å²) in [5, 5.41) is 0. The molecule has 156 valence electrons. The Kier molecular flexibility index (Phi) is 7.07. The summed E-state index contributed by atoms with van der Waals surface area (Å²) in [7, 11) is 4.65. The lowest BCUT2D eigenvalue weighted by Gasteiger charge is -2.44. The fourth-order valence-electron chi connectivity index (χ4n) is 4.77. The fraction of sp³-hybridized carbons (Fsp3) is 0.435. The van der Waals surface area contributed by atoms with E-state index in [2.05, 4.69) is 30.0 Å². The van der Waals surface area contributed by atoms with Gasteiger partial charge in [-0.3, -0.25) is 4.90 Å². The van der Waals surface area contributed by atoms with Crippen molar-refractivity contribution < 1.29 is 31.0 Å². The molecule has 0 aromatic heterocycles. The van der Waals surface area contributed by atoms with Crippen LogP contribution in [0.1, 0.15) is 31.2 Å². The number of amides is 1. The van der Waals surface area contributed by atoms with Gasteiger partial charge >= 0.3 is 6.09 Å². The van der Waals surface area contributed by atoms with Crippen molar-refractivity contribution in [2.24, 2.45) is 0 Å². The first kappa shape index (κ1) is 22.3. The molecule has 1 amide bonds. The third-order valence-electron chi connectivity index (χ3n) is 6.59. The van der Waals surface area contributed by atoms with Crippen LogP contribution < -0.4 is 21.9 Å². The highest BCUT2D eigenvalue weighted by atomic mass is 79.9. The number of anilines is 1. The van der Waals surface area contributed by atoms with Gasteiger partial charge in [-0.15, -0.1) is 0 Å². The van der Waals surface area contributed by atoms with Gasteiger partial charge in [-0.1, -0.05) is 46.3 Å². The lowest BCUT2D eigenvalue weighted by Crippen LogP contribution is -3.00. The summed E-state index contributed by atoms with van der Waals surface area (Å²) in [6.45, 7) is 0.497. The van der Waals surface area contributed by atoms with Gasteiger partial charge in [0, 0.05) is 35.8 Å². The number of benzene rings is 2. The van der Waals surface area contributed by atoms with Crippen molar-refractivity contribution in [3.63, 3.8) is 0 Å². The summed E-state index contributed by atoms with van der Waals surface area (Å²) in [6, 6.07) is 19.1. The van der Waals surface area contributed by atoms with Gasteiger partial charge in [-0.25, -0.2) is 4.79 Å². The van der Waals surface area contributed by atoms with Crippen LogP contribution in [0.15, 0.2) is 59.1 Å². The van der Waals surface area contributed by atoms with Gasteiger partial charge in [0.2, 0.25) is 0 Å². The molecule has 0 radical (unpaired) electrons. The fourth-order valence-corrected chi connectivity index (χ4v) is 5.04. The monoisotopic (exact) mass is 522 g/mol. The van der Waals surface area contributed by atoms with Crippen LogP contribution in [0.3, 0.4) is 0 Å². The summed E-state index contributed by atoms with van der Waals surface area (Å²) >= 11 is 3.47. The molecule has 2 saturated heterocycles. The Morgan fingerprint density at radius 3 is 2.21 bits per heavy atom. The first-order valence-electron chi connectivity index (χ1n) is 10.0.